The molecule has 9 aliphatic rings. The van der Waals surface area contributed by atoms with Gasteiger partial charge in [-0.3, -0.25) is 4.90 Å². The first-order chi connectivity index (χ1) is 16.5. The number of esters is 1. The first-order valence-electron chi connectivity index (χ1n) is 13.0. The molecule has 7 heteroatoms. The second kappa shape index (κ2) is 5.99. The summed E-state index contributed by atoms with van der Waals surface area (Å²) in [6.45, 7) is 7.83. The summed E-state index contributed by atoms with van der Waals surface area (Å²) in [5, 5.41) is 11.7. The van der Waals surface area contributed by atoms with Gasteiger partial charge in [0.25, 0.3) is 0 Å². The molecule has 4 nitrogen and oxygen atoms in total. The average molecular weight is 486 g/mol. The molecule has 3 heterocycles. The van der Waals surface area contributed by atoms with Crippen LogP contribution < -0.4 is 0 Å². The highest BCUT2D eigenvalue weighted by molar-refractivity contribution is 5.89. The number of rotatable bonds is 2. The zero-order valence-electron chi connectivity index (χ0n) is 19.7. The number of hydrogen-bond acceptors (Lipinski definition) is 4. The van der Waals surface area contributed by atoms with Gasteiger partial charge in [0, 0.05) is 35.9 Å². The fraction of sp³-hybridized carbons (Fsp3) is 0.679. The van der Waals surface area contributed by atoms with Crippen LogP contribution in [0.15, 0.2) is 36.4 Å². The molecule has 1 aromatic carbocycles. The van der Waals surface area contributed by atoms with Crippen LogP contribution in [0.25, 0.3) is 0 Å². The molecule has 10 rings (SSSR count). The molecule has 9 bridgehead atoms. The lowest BCUT2D eigenvalue weighted by atomic mass is 9.39. The molecule has 6 saturated carbocycles. The molecular formula is C28H30F3NO3. The molecule has 1 unspecified atom stereocenters. The van der Waals surface area contributed by atoms with Crippen LogP contribution in [0.3, 0.4) is 0 Å². The summed E-state index contributed by atoms with van der Waals surface area (Å²) >= 11 is 0. The summed E-state index contributed by atoms with van der Waals surface area (Å²) < 4.78 is 46.1. The number of aliphatic hydroxyl groups excluding tert-OH is 1. The van der Waals surface area contributed by atoms with Crippen molar-refractivity contribution in [3.05, 3.63) is 47.5 Å². The maximum Gasteiger partial charge on any atom is 0.416 e. The summed E-state index contributed by atoms with van der Waals surface area (Å²) in [7, 11) is 0. The molecule has 3 saturated heterocycles. The molecule has 1 aromatic rings. The highest BCUT2D eigenvalue weighted by atomic mass is 19.4. The number of carbonyl (C=O) groups is 1. The van der Waals surface area contributed by atoms with Gasteiger partial charge >= 0.3 is 12.1 Å². The third-order valence-electron chi connectivity index (χ3n) is 12.0. The van der Waals surface area contributed by atoms with Crippen molar-refractivity contribution in [1.29, 1.82) is 0 Å². The van der Waals surface area contributed by atoms with Crippen LogP contribution in [-0.2, 0) is 10.9 Å². The topological polar surface area (TPSA) is 49.8 Å². The van der Waals surface area contributed by atoms with Crippen molar-refractivity contribution in [2.75, 3.05) is 6.54 Å². The van der Waals surface area contributed by atoms with Gasteiger partial charge in [0.05, 0.1) is 17.2 Å². The number of ether oxygens (including phenoxy) is 1. The predicted molar refractivity (Wildman–Crippen MR) is 120 cm³/mol. The second-order valence-electron chi connectivity index (χ2n) is 13.0. The number of piperidine rings is 2. The van der Waals surface area contributed by atoms with Crippen LogP contribution in [0.2, 0.25) is 0 Å². The molecular weight excluding hydrogens is 455 g/mol. The molecule has 3 aliphatic heterocycles. The van der Waals surface area contributed by atoms with Gasteiger partial charge < -0.3 is 9.84 Å². The Morgan fingerprint density at radius 1 is 1.23 bits per heavy atom. The van der Waals surface area contributed by atoms with E-state index in [4.69, 9.17) is 4.74 Å². The lowest BCUT2D eigenvalue weighted by Gasteiger charge is -2.66. The van der Waals surface area contributed by atoms with Gasteiger partial charge in [-0.15, -0.1) is 0 Å². The summed E-state index contributed by atoms with van der Waals surface area (Å²) in [4.78, 5) is 16.1. The van der Waals surface area contributed by atoms with Crippen molar-refractivity contribution >= 4 is 5.97 Å². The molecule has 0 amide bonds. The minimum Gasteiger partial charge on any atom is -0.458 e. The third-order valence-corrected chi connectivity index (χ3v) is 12.0. The Morgan fingerprint density at radius 2 is 2.03 bits per heavy atom. The average Bonchev–Trinajstić information content (AvgIpc) is 3.24. The Morgan fingerprint density at radius 3 is 2.80 bits per heavy atom. The van der Waals surface area contributed by atoms with Crippen molar-refractivity contribution in [1.82, 2.24) is 4.90 Å². The number of alkyl halides is 3. The van der Waals surface area contributed by atoms with E-state index < -0.39 is 29.9 Å². The normalized spacial score (nSPS) is 54.0. The number of nitrogens with zero attached hydrogens (tertiary/aromatic N) is 1. The number of aliphatic hydroxyl groups is 1. The number of fused-ring (bicyclic) bond motifs is 1. The van der Waals surface area contributed by atoms with Gasteiger partial charge in [-0.2, -0.15) is 13.2 Å². The number of hydrogen-bond donors (Lipinski definition) is 1. The van der Waals surface area contributed by atoms with E-state index in [9.17, 15) is 23.1 Å². The van der Waals surface area contributed by atoms with E-state index in [1.54, 1.807) is 0 Å². The summed E-state index contributed by atoms with van der Waals surface area (Å²) in [6.07, 6.45) is -0.296. The molecule has 0 aromatic heterocycles. The number of halogens is 3. The van der Waals surface area contributed by atoms with Crippen LogP contribution in [0.5, 0.6) is 0 Å². The lowest BCUT2D eigenvalue weighted by Crippen LogP contribution is -2.69. The van der Waals surface area contributed by atoms with E-state index in [1.807, 2.05) is 0 Å². The standard InChI is InChI=1S/C28H30F3NO3/c1-13-16-10-17-22-26-8-4-7-25(2)12-32(22)18(20(25)26)11-27(17,23(13)33)21(26)19(16)35-24(34)14-5-3-6-15(9-14)28(29,30)31/h3,5-6,9,16-23,33H,1,4,7-8,10-12H2,2H3/t16-,17-,18-,19+,20-,21+,22+,23-,25+,26+,27-/m1/s1. The van der Waals surface area contributed by atoms with E-state index in [0.29, 0.717) is 23.9 Å². The monoisotopic (exact) mass is 485 g/mol. The highest BCUT2D eigenvalue weighted by Gasteiger charge is 2.90. The fourth-order valence-electron chi connectivity index (χ4n) is 11.6. The fourth-order valence-corrected chi connectivity index (χ4v) is 11.6. The quantitative estimate of drug-likeness (QED) is 0.488. The predicted octanol–water partition coefficient (Wildman–Crippen LogP) is 4.68. The summed E-state index contributed by atoms with van der Waals surface area (Å²) in [6, 6.07) is 5.44. The van der Waals surface area contributed by atoms with Crippen molar-refractivity contribution in [3.8, 4) is 0 Å². The van der Waals surface area contributed by atoms with Gasteiger partial charge in [0.2, 0.25) is 0 Å². The van der Waals surface area contributed by atoms with Gasteiger partial charge in [-0.1, -0.05) is 26.0 Å². The van der Waals surface area contributed by atoms with Crippen molar-refractivity contribution in [2.24, 2.45) is 39.9 Å². The molecule has 12 atom stereocenters. The van der Waals surface area contributed by atoms with E-state index in [1.165, 1.54) is 18.6 Å². The maximum atomic E-state index is 13.3. The summed E-state index contributed by atoms with van der Waals surface area (Å²) in [5.41, 5.74) is -0.191. The smallest absolute Gasteiger partial charge is 0.416 e. The Kier molecular flexibility index (Phi) is 3.64. The molecule has 6 aliphatic carbocycles. The van der Waals surface area contributed by atoms with Gasteiger partial charge in [-0.25, -0.2) is 4.79 Å². The summed E-state index contributed by atoms with van der Waals surface area (Å²) in [5.74, 6) is 0.142. The molecule has 35 heavy (non-hydrogen) atoms. The Balaban J connectivity index is 1.23. The molecule has 0 radical (unpaired) electrons. The molecule has 1 N–H and O–H groups in total. The van der Waals surface area contributed by atoms with E-state index in [-0.39, 0.29) is 33.6 Å². The van der Waals surface area contributed by atoms with Crippen molar-refractivity contribution < 1.29 is 27.8 Å². The molecule has 186 valence electrons. The van der Waals surface area contributed by atoms with Crippen LogP contribution in [0.4, 0.5) is 13.2 Å². The van der Waals surface area contributed by atoms with Gasteiger partial charge in [-0.05, 0) is 72.1 Å². The zero-order valence-corrected chi connectivity index (χ0v) is 19.7. The zero-order chi connectivity index (χ0) is 24.3. The van der Waals surface area contributed by atoms with E-state index in [2.05, 4.69) is 18.4 Å². The molecule has 9 fully saturated rings. The second-order valence-corrected chi connectivity index (χ2v) is 13.0. The highest BCUT2D eigenvalue weighted by Crippen LogP contribution is 2.87. The first-order valence-corrected chi connectivity index (χ1v) is 13.0. The van der Waals surface area contributed by atoms with Crippen LogP contribution in [-0.4, -0.2) is 46.8 Å². The maximum absolute atomic E-state index is 13.3. The van der Waals surface area contributed by atoms with E-state index in [0.717, 1.165) is 49.9 Å². The minimum atomic E-state index is -4.52. The first kappa shape index (κ1) is 21.2. The Hall–Kier alpha value is -1.86. The number of carbonyl (C=O) groups excluding carboxylic acids is 1. The van der Waals surface area contributed by atoms with Gasteiger partial charge in [0.15, 0.2) is 0 Å². The largest absolute Gasteiger partial charge is 0.458 e. The minimum absolute atomic E-state index is 0.0219. The Bertz CT molecular complexity index is 1200. The van der Waals surface area contributed by atoms with Crippen LogP contribution in [0.1, 0.15) is 54.9 Å². The SMILES string of the molecule is C=C1[C@H]2C[C@@H]3[C@@H]4N5C[C@]6(C)CCC[C@]47[C@H]([C@H]2OC(=O)c2cccc(C(F)(F)F)c2)[C@]3(C[C@@H]5[C@H]67)[C@@H]1O. The van der Waals surface area contributed by atoms with Crippen LogP contribution in [0, 0.1) is 39.9 Å². The number of benzene rings is 1. The van der Waals surface area contributed by atoms with Gasteiger partial charge in [0.1, 0.15) is 6.10 Å². The van der Waals surface area contributed by atoms with Crippen molar-refractivity contribution in [2.45, 2.75) is 69.5 Å². The van der Waals surface area contributed by atoms with Crippen molar-refractivity contribution in [3.63, 3.8) is 0 Å². The lowest BCUT2D eigenvalue weighted by molar-refractivity contribution is -0.213. The third kappa shape index (κ3) is 2.09. The molecule has 2 spiro atoms. The van der Waals surface area contributed by atoms with E-state index >= 15 is 0 Å². The Labute approximate surface area is 202 Å². The van der Waals surface area contributed by atoms with Crippen LogP contribution >= 0.6 is 0 Å².